The summed E-state index contributed by atoms with van der Waals surface area (Å²) in [6.45, 7) is 0.435. The average Bonchev–Trinajstić information content (AvgIpc) is 2.66. The Kier molecular flexibility index (Phi) is 4.85. The third kappa shape index (κ3) is 3.72. The van der Waals surface area contributed by atoms with Crippen LogP contribution in [0, 0.1) is 10.1 Å². The molecule has 0 bridgehead atoms. The minimum absolute atomic E-state index is 0.0780. The summed E-state index contributed by atoms with van der Waals surface area (Å²) in [6.07, 6.45) is 0. The van der Waals surface area contributed by atoms with Crippen molar-refractivity contribution in [1.82, 2.24) is 0 Å². The standard InChI is InChI=1S/C20H16N2O3/c23-20(16-10-5-2-6-11-16)17-12-7-13-18(19(17)22(24)25)21-14-15-8-3-1-4-9-15/h1-13,21H,14H2. The Morgan fingerprint density at radius 3 is 2.16 bits per heavy atom. The van der Waals surface area contributed by atoms with Gasteiger partial charge in [-0.15, -0.1) is 0 Å². The van der Waals surface area contributed by atoms with E-state index in [2.05, 4.69) is 5.32 Å². The number of carbonyl (C=O) groups excluding carboxylic acids is 1. The van der Waals surface area contributed by atoms with Crippen molar-refractivity contribution in [2.45, 2.75) is 6.54 Å². The highest BCUT2D eigenvalue weighted by molar-refractivity contribution is 6.12. The normalized spacial score (nSPS) is 10.2. The molecular formula is C20H16N2O3. The van der Waals surface area contributed by atoms with Gasteiger partial charge in [0, 0.05) is 12.1 Å². The summed E-state index contributed by atoms with van der Waals surface area (Å²) in [7, 11) is 0. The Bertz CT molecular complexity index is 893. The van der Waals surface area contributed by atoms with Gasteiger partial charge in [0.15, 0.2) is 5.78 Å². The molecule has 25 heavy (non-hydrogen) atoms. The van der Waals surface area contributed by atoms with E-state index < -0.39 is 4.92 Å². The summed E-state index contributed by atoms with van der Waals surface area (Å²) in [5.41, 5.74) is 1.62. The third-order valence-corrected chi connectivity index (χ3v) is 3.82. The monoisotopic (exact) mass is 332 g/mol. The maximum Gasteiger partial charge on any atom is 0.303 e. The molecule has 0 aliphatic heterocycles. The molecule has 0 amide bonds. The molecule has 0 aromatic heterocycles. The molecule has 0 aliphatic rings. The molecule has 3 aromatic rings. The van der Waals surface area contributed by atoms with Gasteiger partial charge in [0.2, 0.25) is 0 Å². The van der Waals surface area contributed by atoms with Crippen molar-refractivity contribution in [2.75, 3.05) is 5.32 Å². The maximum atomic E-state index is 12.7. The van der Waals surface area contributed by atoms with Crippen molar-refractivity contribution >= 4 is 17.2 Å². The summed E-state index contributed by atoms with van der Waals surface area (Å²) < 4.78 is 0. The molecule has 1 N–H and O–H groups in total. The lowest BCUT2D eigenvalue weighted by Gasteiger charge is -2.10. The van der Waals surface area contributed by atoms with Crippen LogP contribution in [0.4, 0.5) is 11.4 Å². The zero-order valence-electron chi connectivity index (χ0n) is 13.4. The molecule has 0 fully saturated rings. The number of para-hydroxylation sites is 1. The highest BCUT2D eigenvalue weighted by Crippen LogP contribution is 2.30. The van der Waals surface area contributed by atoms with Gasteiger partial charge < -0.3 is 5.32 Å². The second kappa shape index (κ2) is 7.40. The van der Waals surface area contributed by atoms with Gasteiger partial charge in [0.1, 0.15) is 11.3 Å². The summed E-state index contributed by atoms with van der Waals surface area (Å²) in [6, 6.07) is 22.9. The molecule has 3 rings (SSSR count). The summed E-state index contributed by atoms with van der Waals surface area (Å²) in [4.78, 5) is 23.8. The second-order valence-electron chi connectivity index (χ2n) is 5.49. The zero-order valence-corrected chi connectivity index (χ0v) is 13.4. The minimum Gasteiger partial charge on any atom is -0.375 e. The predicted octanol–water partition coefficient (Wildman–Crippen LogP) is 4.44. The van der Waals surface area contributed by atoms with Gasteiger partial charge in [-0.3, -0.25) is 14.9 Å². The topological polar surface area (TPSA) is 72.2 Å². The molecule has 0 atom stereocenters. The van der Waals surface area contributed by atoms with Crippen molar-refractivity contribution in [3.05, 3.63) is 106 Å². The molecule has 5 nitrogen and oxygen atoms in total. The molecule has 5 heteroatoms. The number of hydrogen-bond donors (Lipinski definition) is 1. The van der Waals surface area contributed by atoms with Crippen LogP contribution >= 0.6 is 0 Å². The van der Waals surface area contributed by atoms with Crippen molar-refractivity contribution in [3.63, 3.8) is 0 Å². The highest BCUT2D eigenvalue weighted by Gasteiger charge is 2.25. The maximum absolute atomic E-state index is 12.7. The Hall–Kier alpha value is -3.47. The number of carbonyl (C=O) groups is 1. The van der Waals surface area contributed by atoms with Crippen molar-refractivity contribution in [1.29, 1.82) is 0 Å². The fraction of sp³-hybridized carbons (Fsp3) is 0.0500. The number of ketones is 1. The van der Waals surface area contributed by atoms with Crippen LogP contribution in [0.2, 0.25) is 0 Å². The van der Waals surface area contributed by atoms with E-state index >= 15 is 0 Å². The largest absolute Gasteiger partial charge is 0.375 e. The molecule has 3 aromatic carbocycles. The number of anilines is 1. The van der Waals surface area contributed by atoms with Crippen molar-refractivity contribution in [2.24, 2.45) is 0 Å². The molecular weight excluding hydrogens is 316 g/mol. The average molecular weight is 332 g/mol. The molecule has 0 spiro atoms. The van der Waals surface area contributed by atoms with Crippen LogP contribution in [0.15, 0.2) is 78.9 Å². The number of nitro groups is 1. The summed E-state index contributed by atoms with van der Waals surface area (Å²) >= 11 is 0. The van der Waals surface area contributed by atoms with Crippen molar-refractivity contribution < 1.29 is 9.72 Å². The van der Waals surface area contributed by atoms with E-state index in [1.165, 1.54) is 6.07 Å². The Balaban J connectivity index is 1.94. The van der Waals surface area contributed by atoms with E-state index in [-0.39, 0.29) is 17.0 Å². The van der Waals surface area contributed by atoms with E-state index in [4.69, 9.17) is 0 Å². The third-order valence-electron chi connectivity index (χ3n) is 3.82. The number of nitro benzene ring substituents is 1. The first-order valence-electron chi connectivity index (χ1n) is 7.82. The van der Waals surface area contributed by atoms with Gasteiger partial charge in [-0.25, -0.2) is 0 Å². The van der Waals surface area contributed by atoms with Gasteiger partial charge in [-0.1, -0.05) is 66.7 Å². The fourth-order valence-electron chi connectivity index (χ4n) is 2.60. The van der Waals surface area contributed by atoms with E-state index in [0.717, 1.165) is 5.56 Å². The summed E-state index contributed by atoms with van der Waals surface area (Å²) in [5, 5.41) is 14.7. The lowest BCUT2D eigenvalue weighted by molar-refractivity contribution is -0.384. The molecule has 124 valence electrons. The van der Waals surface area contributed by atoms with Gasteiger partial charge in [0.25, 0.3) is 0 Å². The number of nitrogens with zero attached hydrogens (tertiary/aromatic N) is 1. The highest BCUT2D eigenvalue weighted by atomic mass is 16.6. The first-order valence-corrected chi connectivity index (χ1v) is 7.82. The van der Waals surface area contributed by atoms with Gasteiger partial charge in [-0.05, 0) is 17.7 Å². The van der Waals surface area contributed by atoms with Gasteiger partial charge >= 0.3 is 5.69 Å². The second-order valence-corrected chi connectivity index (χ2v) is 5.49. The van der Waals surface area contributed by atoms with Crippen LogP contribution in [0.1, 0.15) is 21.5 Å². The Labute approximate surface area is 145 Å². The number of hydrogen-bond acceptors (Lipinski definition) is 4. The number of nitrogens with one attached hydrogen (secondary N) is 1. The molecule has 0 saturated heterocycles. The number of benzene rings is 3. The van der Waals surface area contributed by atoms with E-state index in [9.17, 15) is 14.9 Å². The van der Waals surface area contributed by atoms with E-state index in [0.29, 0.717) is 17.8 Å². The van der Waals surface area contributed by atoms with E-state index in [1.54, 1.807) is 42.5 Å². The molecule has 0 heterocycles. The fourth-order valence-corrected chi connectivity index (χ4v) is 2.60. The SMILES string of the molecule is O=C(c1ccccc1)c1cccc(NCc2ccccc2)c1[N+](=O)[O-]. The van der Waals surface area contributed by atoms with Crippen LogP contribution in [0.25, 0.3) is 0 Å². The van der Waals surface area contributed by atoms with Gasteiger partial charge in [-0.2, -0.15) is 0 Å². The quantitative estimate of drug-likeness (QED) is 0.411. The number of rotatable bonds is 6. The molecule has 0 saturated carbocycles. The smallest absolute Gasteiger partial charge is 0.303 e. The van der Waals surface area contributed by atoms with E-state index in [1.807, 2.05) is 30.3 Å². The lowest BCUT2D eigenvalue weighted by atomic mass is 10.0. The Morgan fingerprint density at radius 2 is 1.52 bits per heavy atom. The van der Waals surface area contributed by atoms with Gasteiger partial charge in [0.05, 0.1) is 4.92 Å². The first kappa shape index (κ1) is 16.4. The predicted molar refractivity (Wildman–Crippen MR) is 96.7 cm³/mol. The summed E-state index contributed by atoms with van der Waals surface area (Å²) in [5.74, 6) is -0.365. The molecule has 0 radical (unpaired) electrons. The molecule has 0 aliphatic carbocycles. The van der Waals surface area contributed by atoms with Crippen LogP contribution in [-0.4, -0.2) is 10.7 Å². The lowest BCUT2D eigenvalue weighted by Crippen LogP contribution is -2.09. The van der Waals surface area contributed by atoms with Crippen molar-refractivity contribution in [3.8, 4) is 0 Å². The van der Waals surface area contributed by atoms with Crippen LogP contribution in [0.3, 0.4) is 0 Å². The van der Waals surface area contributed by atoms with Crippen LogP contribution in [-0.2, 0) is 6.54 Å². The van der Waals surface area contributed by atoms with Crippen LogP contribution in [0.5, 0.6) is 0 Å². The minimum atomic E-state index is -0.510. The zero-order chi connectivity index (χ0) is 17.6. The molecule has 0 unspecified atom stereocenters. The van der Waals surface area contributed by atoms with Crippen LogP contribution < -0.4 is 5.32 Å². The first-order chi connectivity index (χ1) is 12.2. The Morgan fingerprint density at radius 1 is 0.880 bits per heavy atom.